The second kappa shape index (κ2) is 8.22. The molecule has 1 aliphatic rings. The molecule has 0 saturated heterocycles. The number of amides is 1. The van der Waals surface area contributed by atoms with Crippen molar-refractivity contribution in [3.05, 3.63) is 54.2 Å². The van der Waals surface area contributed by atoms with Gasteiger partial charge in [-0.25, -0.2) is 4.98 Å². The van der Waals surface area contributed by atoms with Crippen molar-refractivity contribution in [2.24, 2.45) is 0 Å². The molecule has 0 radical (unpaired) electrons. The number of ether oxygens (including phenoxy) is 1. The quantitative estimate of drug-likeness (QED) is 0.441. The maximum absolute atomic E-state index is 12.3. The number of anilines is 1. The normalized spacial score (nSPS) is 13.5. The molecule has 8 nitrogen and oxygen atoms in total. The smallest absolute Gasteiger partial charge is 0.226 e. The minimum atomic E-state index is -0.0693. The van der Waals surface area contributed by atoms with Crippen molar-refractivity contribution >= 4 is 22.7 Å². The Kier molecular flexibility index (Phi) is 5.11. The average molecular weight is 418 g/mol. The van der Waals surface area contributed by atoms with Gasteiger partial charge < -0.3 is 19.0 Å². The first-order valence-electron chi connectivity index (χ1n) is 10.4. The molecule has 0 atom stereocenters. The molecule has 0 unspecified atom stereocenters. The predicted octanol–water partition coefficient (Wildman–Crippen LogP) is 4.73. The zero-order chi connectivity index (χ0) is 21.2. The largest absolute Gasteiger partial charge is 0.497 e. The molecule has 158 valence electrons. The highest BCUT2D eigenvalue weighted by Crippen LogP contribution is 2.40. The topological polar surface area (TPSA) is 103 Å². The fourth-order valence-corrected chi connectivity index (χ4v) is 3.37. The van der Waals surface area contributed by atoms with E-state index in [1.165, 1.54) is 0 Å². The van der Waals surface area contributed by atoms with Gasteiger partial charge in [0.1, 0.15) is 11.3 Å². The van der Waals surface area contributed by atoms with Crippen LogP contribution in [0.1, 0.15) is 43.4 Å². The number of fused-ring (bicyclic) bond motifs is 1. The molecule has 8 heteroatoms. The van der Waals surface area contributed by atoms with Crippen LogP contribution in [0.4, 0.5) is 5.69 Å². The zero-order valence-corrected chi connectivity index (χ0v) is 17.1. The summed E-state index contributed by atoms with van der Waals surface area (Å²) in [4.78, 5) is 21.2. The fraction of sp³-hybridized carbons (Fsp3) is 0.304. The van der Waals surface area contributed by atoms with E-state index in [9.17, 15) is 4.79 Å². The number of carbonyl (C=O) groups excluding carboxylic acids is 1. The number of benzene rings is 2. The van der Waals surface area contributed by atoms with Crippen molar-refractivity contribution in [1.82, 2.24) is 15.1 Å². The molecule has 0 spiro atoms. The summed E-state index contributed by atoms with van der Waals surface area (Å²) in [6, 6.07) is 13.0. The molecule has 1 aliphatic carbocycles. The first-order valence-corrected chi connectivity index (χ1v) is 10.4. The summed E-state index contributed by atoms with van der Waals surface area (Å²) in [6.45, 7) is 0. The molecule has 5 rings (SSSR count). The van der Waals surface area contributed by atoms with Gasteiger partial charge in [-0.3, -0.25) is 4.79 Å². The average Bonchev–Trinajstić information content (AvgIpc) is 3.38. The third-order valence-electron chi connectivity index (χ3n) is 5.23. The molecule has 2 aromatic carbocycles. The van der Waals surface area contributed by atoms with Crippen molar-refractivity contribution in [3.8, 4) is 17.1 Å². The summed E-state index contributed by atoms with van der Waals surface area (Å²) in [6.07, 6.45) is 3.76. The monoisotopic (exact) mass is 418 g/mol. The highest BCUT2D eigenvalue weighted by Gasteiger charge is 2.28. The Morgan fingerprint density at radius 2 is 2.00 bits per heavy atom. The molecule has 31 heavy (non-hydrogen) atoms. The fourth-order valence-electron chi connectivity index (χ4n) is 3.37. The summed E-state index contributed by atoms with van der Waals surface area (Å²) < 4.78 is 16.2. The molecule has 2 heterocycles. The van der Waals surface area contributed by atoms with E-state index in [1.54, 1.807) is 7.11 Å². The summed E-state index contributed by atoms with van der Waals surface area (Å²) in [5.41, 5.74) is 3.09. The lowest BCUT2D eigenvalue weighted by Crippen LogP contribution is -2.11. The number of oxazole rings is 1. The number of hydrogen-bond acceptors (Lipinski definition) is 7. The van der Waals surface area contributed by atoms with E-state index in [0.29, 0.717) is 42.6 Å². The van der Waals surface area contributed by atoms with E-state index < -0.39 is 0 Å². The number of rotatable bonds is 8. The van der Waals surface area contributed by atoms with Crippen LogP contribution in [0.25, 0.3) is 22.5 Å². The zero-order valence-electron chi connectivity index (χ0n) is 17.1. The van der Waals surface area contributed by atoms with E-state index in [4.69, 9.17) is 13.7 Å². The van der Waals surface area contributed by atoms with Gasteiger partial charge >= 0.3 is 0 Å². The molecule has 1 amide bonds. The Bertz CT molecular complexity index is 1210. The van der Waals surface area contributed by atoms with Crippen molar-refractivity contribution in [2.75, 3.05) is 12.4 Å². The van der Waals surface area contributed by atoms with Crippen LogP contribution in [-0.4, -0.2) is 28.1 Å². The third-order valence-corrected chi connectivity index (χ3v) is 5.23. The van der Waals surface area contributed by atoms with Gasteiger partial charge in [0.05, 0.1) is 7.11 Å². The maximum atomic E-state index is 12.3. The van der Waals surface area contributed by atoms with E-state index >= 15 is 0 Å². The first-order chi connectivity index (χ1) is 15.2. The Balaban J connectivity index is 1.13. The minimum absolute atomic E-state index is 0.0693. The van der Waals surface area contributed by atoms with Gasteiger partial charge in [0.15, 0.2) is 11.5 Å². The molecule has 1 N–H and O–H groups in total. The third kappa shape index (κ3) is 4.42. The highest BCUT2D eigenvalue weighted by atomic mass is 16.5. The second-order valence-electron chi connectivity index (χ2n) is 7.65. The molecular weight excluding hydrogens is 396 g/mol. The van der Waals surface area contributed by atoms with Crippen LogP contribution in [0.2, 0.25) is 0 Å². The lowest BCUT2D eigenvalue weighted by molar-refractivity contribution is -0.116. The minimum Gasteiger partial charge on any atom is -0.497 e. The van der Waals surface area contributed by atoms with E-state index in [2.05, 4.69) is 20.4 Å². The summed E-state index contributed by atoms with van der Waals surface area (Å²) >= 11 is 0. The van der Waals surface area contributed by atoms with Crippen molar-refractivity contribution in [3.63, 3.8) is 0 Å². The van der Waals surface area contributed by atoms with Crippen molar-refractivity contribution < 1.29 is 18.5 Å². The number of nitrogens with one attached hydrogen (secondary N) is 1. The Morgan fingerprint density at radius 3 is 2.77 bits per heavy atom. The molecule has 1 saturated carbocycles. The molecular formula is C23H22N4O4. The number of aromatic nitrogens is 3. The number of nitrogens with zero attached hydrogens (tertiary/aromatic N) is 3. The number of carbonyl (C=O) groups is 1. The van der Waals surface area contributed by atoms with Crippen LogP contribution in [0.3, 0.4) is 0 Å². The Morgan fingerprint density at radius 1 is 1.16 bits per heavy atom. The van der Waals surface area contributed by atoms with Gasteiger partial charge in [0.2, 0.25) is 17.6 Å². The van der Waals surface area contributed by atoms with E-state index in [-0.39, 0.29) is 5.91 Å². The second-order valence-corrected chi connectivity index (χ2v) is 7.65. The first kappa shape index (κ1) is 19.3. The van der Waals surface area contributed by atoms with Gasteiger partial charge in [0, 0.05) is 30.0 Å². The summed E-state index contributed by atoms with van der Waals surface area (Å²) in [5, 5.41) is 6.93. The van der Waals surface area contributed by atoms with E-state index in [0.717, 1.165) is 41.1 Å². The Labute approximate surface area is 178 Å². The number of aryl methyl sites for hydroxylation is 1. The van der Waals surface area contributed by atoms with Gasteiger partial charge in [-0.1, -0.05) is 5.16 Å². The Hall–Kier alpha value is -3.68. The van der Waals surface area contributed by atoms with Crippen molar-refractivity contribution in [1.29, 1.82) is 0 Å². The molecule has 2 aromatic heterocycles. The van der Waals surface area contributed by atoms with Crippen LogP contribution in [0.5, 0.6) is 5.75 Å². The van der Waals surface area contributed by atoms with Crippen molar-refractivity contribution in [2.45, 2.75) is 38.0 Å². The van der Waals surface area contributed by atoms with Gasteiger partial charge in [-0.15, -0.1) is 0 Å². The van der Waals surface area contributed by atoms with Crippen LogP contribution in [0, 0.1) is 0 Å². The van der Waals surface area contributed by atoms with Crippen LogP contribution >= 0.6 is 0 Å². The standard InChI is InChI=1S/C23H22N4O4/c1-29-17-10-7-14(8-11-17)22-26-21(31-27-22)4-2-3-20(28)24-16-9-12-19-18(13-16)25-23(30-19)15-5-6-15/h7-13,15H,2-6H2,1H3,(H,24,28). The SMILES string of the molecule is COc1ccc(-c2noc(CCCC(=O)Nc3ccc4oc(C5CC5)nc4c3)n2)cc1. The predicted molar refractivity (Wildman–Crippen MR) is 114 cm³/mol. The maximum Gasteiger partial charge on any atom is 0.226 e. The number of hydrogen-bond donors (Lipinski definition) is 1. The highest BCUT2D eigenvalue weighted by molar-refractivity contribution is 5.92. The molecule has 1 fully saturated rings. The van der Waals surface area contributed by atoms with Gasteiger partial charge in [-0.2, -0.15) is 4.98 Å². The molecule has 0 bridgehead atoms. The van der Waals surface area contributed by atoms with Gasteiger partial charge in [-0.05, 0) is 61.7 Å². The number of methoxy groups -OCH3 is 1. The summed E-state index contributed by atoms with van der Waals surface area (Å²) in [7, 11) is 1.62. The lowest BCUT2D eigenvalue weighted by atomic mass is 10.2. The summed E-state index contributed by atoms with van der Waals surface area (Å²) in [5.74, 6) is 2.99. The van der Waals surface area contributed by atoms with Gasteiger partial charge in [0.25, 0.3) is 0 Å². The molecule has 4 aromatic rings. The van der Waals surface area contributed by atoms with E-state index in [1.807, 2.05) is 42.5 Å². The van der Waals surface area contributed by atoms with Crippen LogP contribution < -0.4 is 10.1 Å². The van der Waals surface area contributed by atoms with Crippen LogP contribution in [-0.2, 0) is 11.2 Å². The van der Waals surface area contributed by atoms with Crippen LogP contribution in [0.15, 0.2) is 51.4 Å². The lowest BCUT2D eigenvalue weighted by Gasteiger charge is -2.04. The molecule has 0 aliphatic heterocycles.